The van der Waals surface area contributed by atoms with Crippen LogP contribution in [0.15, 0.2) is 30.3 Å². The maximum absolute atomic E-state index is 11.8. The van der Waals surface area contributed by atoms with Crippen molar-refractivity contribution in [3.8, 4) is 0 Å². The summed E-state index contributed by atoms with van der Waals surface area (Å²) in [6.07, 6.45) is 0.125. The first kappa shape index (κ1) is 19.5. The molecule has 1 aliphatic rings. The highest BCUT2D eigenvalue weighted by atomic mass is 32.1. The second kappa shape index (κ2) is 8.49. The molecule has 0 spiro atoms. The van der Waals surface area contributed by atoms with Crippen molar-refractivity contribution in [2.75, 3.05) is 5.32 Å². The molecule has 1 fully saturated rings. The average Bonchev–Trinajstić information content (AvgIpc) is 2.49. The van der Waals surface area contributed by atoms with Gasteiger partial charge in [-0.1, -0.05) is 18.2 Å². The Kier molecular flexibility index (Phi) is 6.61. The maximum atomic E-state index is 11.8. The van der Waals surface area contributed by atoms with Crippen molar-refractivity contribution >= 4 is 29.2 Å². The highest BCUT2D eigenvalue weighted by Crippen LogP contribution is 2.23. The van der Waals surface area contributed by atoms with Crippen LogP contribution in [0.5, 0.6) is 0 Å². The van der Waals surface area contributed by atoms with Gasteiger partial charge in [-0.05, 0) is 64.4 Å². The number of hydrogen-bond donors (Lipinski definition) is 3. The van der Waals surface area contributed by atoms with Crippen molar-refractivity contribution in [1.82, 2.24) is 5.32 Å². The number of rotatable bonds is 3. The van der Waals surface area contributed by atoms with Gasteiger partial charge in [-0.25, -0.2) is 4.79 Å². The van der Waals surface area contributed by atoms with E-state index in [1.807, 2.05) is 51.1 Å². The molecule has 0 aliphatic heterocycles. The smallest absolute Gasteiger partial charge is 0.407 e. The van der Waals surface area contributed by atoms with Crippen molar-refractivity contribution in [3.05, 3.63) is 30.3 Å². The van der Waals surface area contributed by atoms with Crippen molar-refractivity contribution < 1.29 is 19.4 Å². The number of hydrogen-bond acceptors (Lipinski definition) is 5. The SMILES string of the molecule is CC(C)(C)OC(=O)N[C@@H]1CC[C@@H](OC(=S)Nc2ccccc2)[C@H](O)C1. The largest absolute Gasteiger partial charge is 0.465 e. The summed E-state index contributed by atoms with van der Waals surface area (Å²) in [5.41, 5.74) is 0.292. The zero-order valence-electron chi connectivity index (χ0n) is 14.8. The van der Waals surface area contributed by atoms with Crippen LogP contribution in [-0.4, -0.2) is 40.2 Å². The van der Waals surface area contributed by atoms with Crippen LogP contribution in [-0.2, 0) is 9.47 Å². The van der Waals surface area contributed by atoms with E-state index in [4.69, 9.17) is 21.7 Å². The van der Waals surface area contributed by atoms with Gasteiger partial charge in [-0.2, -0.15) is 0 Å². The lowest BCUT2D eigenvalue weighted by atomic mass is 9.90. The van der Waals surface area contributed by atoms with Gasteiger partial charge in [0.1, 0.15) is 11.7 Å². The molecule has 25 heavy (non-hydrogen) atoms. The molecular formula is C18H26N2O4S. The molecule has 0 bridgehead atoms. The van der Waals surface area contributed by atoms with Crippen molar-refractivity contribution in [2.45, 2.75) is 63.9 Å². The number of amides is 1. The zero-order chi connectivity index (χ0) is 18.4. The number of carbonyl (C=O) groups excluding carboxylic acids is 1. The van der Waals surface area contributed by atoms with Gasteiger partial charge in [0, 0.05) is 11.7 Å². The third kappa shape index (κ3) is 6.88. The van der Waals surface area contributed by atoms with Crippen LogP contribution >= 0.6 is 12.2 Å². The fourth-order valence-corrected chi connectivity index (χ4v) is 2.91. The Bertz CT molecular complexity index is 588. The van der Waals surface area contributed by atoms with Crippen molar-refractivity contribution in [2.24, 2.45) is 0 Å². The van der Waals surface area contributed by atoms with Gasteiger partial charge >= 0.3 is 6.09 Å². The third-order valence-corrected chi connectivity index (χ3v) is 3.95. The normalized spacial score (nSPS) is 23.4. The van der Waals surface area contributed by atoms with E-state index in [9.17, 15) is 9.90 Å². The molecule has 0 radical (unpaired) electrons. The number of ether oxygens (including phenoxy) is 2. The Hall–Kier alpha value is -1.86. The third-order valence-electron chi connectivity index (χ3n) is 3.75. The fourth-order valence-electron chi connectivity index (χ4n) is 2.67. The fraction of sp³-hybridized carbons (Fsp3) is 0.556. The summed E-state index contributed by atoms with van der Waals surface area (Å²) in [6.45, 7) is 5.44. The molecule has 0 heterocycles. The van der Waals surface area contributed by atoms with E-state index >= 15 is 0 Å². The topological polar surface area (TPSA) is 79.8 Å². The summed E-state index contributed by atoms with van der Waals surface area (Å²) >= 11 is 5.19. The Morgan fingerprint density at radius 1 is 1.24 bits per heavy atom. The van der Waals surface area contributed by atoms with Gasteiger partial charge in [0.2, 0.25) is 0 Å². The molecule has 138 valence electrons. The minimum atomic E-state index is -0.704. The van der Waals surface area contributed by atoms with Crippen LogP contribution in [0.25, 0.3) is 0 Å². The first-order valence-electron chi connectivity index (χ1n) is 8.43. The number of thiocarbonyl (C=S) groups is 1. The lowest BCUT2D eigenvalue weighted by molar-refractivity contribution is -0.0108. The summed E-state index contributed by atoms with van der Waals surface area (Å²) in [6, 6.07) is 9.33. The summed E-state index contributed by atoms with van der Waals surface area (Å²) < 4.78 is 10.9. The lowest BCUT2D eigenvalue weighted by Gasteiger charge is -2.34. The van der Waals surface area contributed by atoms with Gasteiger partial charge in [0.25, 0.3) is 5.17 Å². The van der Waals surface area contributed by atoms with Gasteiger partial charge in [0.05, 0.1) is 6.10 Å². The van der Waals surface area contributed by atoms with E-state index in [0.717, 1.165) is 5.69 Å². The molecule has 3 atom stereocenters. The quantitative estimate of drug-likeness (QED) is 0.713. The standard InChI is InChI=1S/C18H26N2O4S/c1-18(2,3)24-16(22)19-13-9-10-15(14(21)11-13)23-17(25)20-12-7-5-4-6-8-12/h4-8,13-15,21H,9-11H2,1-3H3,(H,19,22)(H,20,25)/t13-,14-,15-/m1/s1. The average molecular weight is 366 g/mol. The van der Waals surface area contributed by atoms with E-state index in [2.05, 4.69) is 10.6 Å². The summed E-state index contributed by atoms with van der Waals surface area (Å²) in [4.78, 5) is 11.8. The van der Waals surface area contributed by atoms with Gasteiger partial charge in [-0.3, -0.25) is 0 Å². The lowest BCUT2D eigenvalue weighted by Crippen LogP contribution is -2.47. The summed E-state index contributed by atoms with van der Waals surface area (Å²) in [5, 5.41) is 16.3. The molecule has 1 aromatic carbocycles. The number of anilines is 1. The minimum absolute atomic E-state index is 0.139. The Labute approximate surface area is 153 Å². The molecule has 1 saturated carbocycles. The van der Waals surface area contributed by atoms with Crippen LogP contribution in [0.1, 0.15) is 40.0 Å². The van der Waals surface area contributed by atoms with E-state index in [1.54, 1.807) is 0 Å². The Balaban J connectivity index is 1.77. The number of carbonyl (C=O) groups is 1. The molecule has 1 aliphatic carbocycles. The molecule has 7 heteroatoms. The first-order valence-corrected chi connectivity index (χ1v) is 8.84. The molecule has 0 saturated heterocycles. The molecular weight excluding hydrogens is 340 g/mol. The van der Waals surface area contributed by atoms with Crippen LogP contribution < -0.4 is 10.6 Å². The van der Waals surface area contributed by atoms with Gasteiger partial charge < -0.3 is 25.2 Å². The molecule has 2 rings (SSSR count). The summed E-state index contributed by atoms with van der Waals surface area (Å²) in [7, 11) is 0. The second-order valence-electron chi connectivity index (χ2n) is 7.16. The maximum Gasteiger partial charge on any atom is 0.407 e. The zero-order valence-corrected chi connectivity index (χ0v) is 15.6. The molecule has 0 unspecified atom stereocenters. The van der Waals surface area contributed by atoms with Crippen LogP contribution in [0.3, 0.4) is 0 Å². The Morgan fingerprint density at radius 2 is 1.92 bits per heavy atom. The number of benzene rings is 1. The summed E-state index contributed by atoms with van der Waals surface area (Å²) in [5.74, 6) is 0. The number of aliphatic hydroxyl groups excluding tert-OH is 1. The minimum Gasteiger partial charge on any atom is -0.465 e. The number of nitrogens with one attached hydrogen (secondary N) is 2. The predicted octanol–water partition coefficient (Wildman–Crippen LogP) is 3.21. The molecule has 0 aromatic heterocycles. The van der Waals surface area contributed by atoms with Gasteiger partial charge in [0.15, 0.2) is 0 Å². The van der Waals surface area contributed by atoms with Crippen LogP contribution in [0, 0.1) is 0 Å². The highest BCUT2D eigenvalue weighted by Gasteiger charge is 2.32. The van der Waals surface area contributed by atoms with Crippen LogP contribution in [0.4, 0.5) is 10.5 Å². The predicted molar refractivity (Wildman–Crippen MR) is 101 cm³/mol. The second-order valence-corrected chi connectivity index (χ2v) is 7.53. The number of para-hydroxylation sites is 1. The first-order chi connectivity index (χ1) is 11.7. The molecule has 1 amide bonds. The molecule has 3 N–H and O–H groups in total. The molecule has 1 aromatic rings. The van der Waals surface area contributed by atoms with Crippen molar-refractivity contribution in [3.63, 3.8) is 0 Å². The number of alkyl carbamates (subject to hydrolysis) is 1. The highest BCUT2D eigenvalue weighted by molar-refractivity contribution is 7.80. The van der Waals surface area contributed by atoms with E-state index in [-0.39, 0.29) is 17.3 Å². The van der Waals surface area contributed by atoms with Crippen molar-refractivity contribution in [1.29, 1.82) is 0 Å². The van der Waals surface area contributed by atoms with Crippen LogP contribution in [0.2, 0.25) is 0 Å². The van der Waals surface area contributed by atoms with E-state index in [1.165, 1.54) is 0 Å². The van der Waals surface area contributed by atoms with Gasteiger partial charge in [-0.15, -0.1) is 0 Å². The Morgan fingerprint density at radius 3 is 2.52 bits per heavy atom. The van der Waals surface area contributed by atoms with E-state index in [0.29, 0.717) is 19.3 Å². The van der Waals surface area contributed by atoms with E-state index < -0.39 is 17.8 Å². The number of aliphatic hydroxyl groups is 1. The monoisotopic (exact) mass is 366 g/mol. The molecule has 6 nitrogen and oxygen atoms in total.